The van der Waals surface area contributed by atoms with Crippen molar-refractivity contribution in [2.24, 2.45) is 5.14 Å². The Hall–Kier alpha value is -1.31. The first-order valence-electron chi connectivity index (χ1n) is 4.98. The summed E-state index contributed by atoms with van der Waals surface area (Å²) in [5, 5.41) is 17.1. The number of hydrogen-bond acceptors (Lipinski definition) is 5. The molecule has 0 spiro atoms. The quantitative estimate of drug-likeness (QED) is 0.572. The van der Waals surface area contributed by atoms with Gasteiger partial charge in [-0.05, 0) is 26.0 Å². The van der Waals surface area contributed by atoms with Crippen LogP contribution in [0.1, 0.15) is 13.8 Å². The molecule has 0 saturated heterocycles. The number of aliphatic hydroxyl groups excluding tert-OH is 1. The van der Waals surface area contributed by atoms with Crippen molar-refractivity contribution in [3.63, 3.8) is 0 Å². The maximum absolute atomic E-state index is 11.3. The second-order valence-corrected chi connectivity index (χ2v) is 5.96. The van der Waals surface area contributed by atoms with Gasteiger partial charge < -0.3 is 16.2 Å². The summed E-state index contributed by atoms with van der Waals surface area (Å²) in [4.78, 5) is -0.128. The Balaban J connectivity index is 3.21. The van der Waals surface area contributed by atoms with Gasteiger partial charge in [0.05, 0.1) is 23.5 Å². The summed E-state index contributed by atoms with van der Waals surface area (Å²) in [5.41, 5.74) is 5.60. The molecule has 0 saturated carbocycles. The lowest BCUT2D eigenvalue weighted by Gasteiger charge is -2.26. The van der Waals surface area contributed by atoms with Crippen LogP contribution in [0.4, 0.5) is 11.4 Å². The third-order valence-corrected chi connectivity index (χ3v) is 3.21. The number of primary sulfonamides is 1. The Kier molecular flexibility index (Phi) is 3.65. The zero-order chi connectivity index (χ0) is 13.3. The fraction of sp³-hybridized carbons (Fsp3) is 0.400. The highest BCUT2D eigenvalue weighted by molar-refractivity contribution is 7.89. The number of nitrogens with one attached hydrogen (secondary N) is 1. The molecule has 1 aromatic rings. The van der Waals surface area contributed by atoms with Gasteiger partial charge in [0.15, 0.2) is 0 Å². The third kappa shape index (κ3) is 3.32. The SMILES string of the molecule is CC(C)(CO)Nc1cccc(S(N)(=O)=O)c1N. The van der Waals surface area contributed by atoms with E-state index in [-0.39, 0.29) is 17.2 Å². The normalized spacial score (nSPS) is 12.5. The van der Waals surface area contributed by atoms with Crippen LogP contribution in [-0.4, -0.2) is 25.7 Å². The minimum atomic E-state index is -3.85. The van der Waals surface area contributed by atoms with Crippen LogP contribution >= 0.6 is 0 Å². The lowest BCUT2D eigenvalue weighted by molar-refractivity contribution is 0.234. The smallest absolute Gasteiger partial charge is 0.240 e. The van der Waals surface area contributed by atoms with Crippen LogP contribution in [0, 0.1) is 0 Å². The molecule has 0 aliphatic carbocycles. The summed E-state index contributed by atoms with van der Waals surface area (Å²) in [5.74, 6) is 0. The fourth-order valence-corrected chi connectivity index (χ4v) is 1.99. The molecular formula is C10H17N3O3S. The number of benzene rings is 1. The van der Waals surface area contributed by atoms with Gasteiger partial charge in [0.25, 0.3) is 0 Å². The zero-order valence-electron chi connectivity index (χ0n) is 9.77. The summed E-state index contributed by atoms with van der Waals surface area (Å²) in [6.45, 7) is 3.40. The molecule has 0 atom stereocenters. The molecule has 1 aromatic carbocycles. The van der Waals surface area contributed by atoms with Gasteiger partial charge in [-0.2, -0.15) is 0 Å². The summed E-state index contributed by atoms with van der Waals surface area (Å²) in [6, 6.07) is 4.50. The van der Waals surface area contributed by atoms with E-state index in [1.165, 1.54) is 12.1 Å². The molecule has 17 heavy (non-hydrogen) atoms. The molecule has 0 heterocycles. The van der Waals surface area contributed by atoms with Crippen molar-refractivity contribution >= 4 is 21.4 Å². The highest BCUT2D eigenvalue weighted by Crippen LogP contribution is 2.27. The number of sulfonamides is 1. The largest absolute Gasteiger partial charge is 0.396 e. The van der Waals surface area contributed by atoms with E-state index in [2.05, 4.69) is 5.32 Å². The van der Waals surface area contributed by atoms with Gasteiger partial charge in [-0.15, -0.1) is 0 Å². The average molecular weight is 259 g/mol. The molecule has 0 unspecified atom stereocenters. The summed E-state index contributed by atoms with van der Waals surface area (Å²) >= 11 is 0. The van der Waals surface area contributed by atoms with Crippen molar-refractivity contribution < 1.29 is 13.5 Å². The Bertz CT molecular complexity index is 512. The van der Waals surface area contributed by atoms with E-state index in [1.54, 1.807) is 19.9 Å². The predicted molar refractivity (Wildman–Crippen MR) is 67.0 cm³/mol. The molecule has 1 rings (SSSR count). The molecule has 0 aromatic heterocycles. The standard InChI is InChI=1S/C10H17N3O3S/c1-10(2,6-14)13-7-4-3-5-8(9(7)11)17(12,15)16/h3-5,13-14H,6,11H2,1-2H3,(H2,12,15,16). The van der Waals surface area contributed by atoms with E-state index in [9.17, 15) is 8.42 Å². The van der Waals surface area contributed by atoms with E-state index in [1.807, 2.05) is 0 Å². The first-order valence-corrected chi connectivity index (χ1v) is 6.52. The number of rotatable bonds is 4. The van der Waals surface area contributed by atoms with Crippen molar-refractivity contribution in [3.05, 3.63) is 18.2 Å². The van der Waals surface area contributed by atoms with Crippen LogP contribution in [0.25, 0.3) is 0 Å². The van der Waals surface area contributed by atoms with Crippen molar-refractivity contribution in [1.29, 1.82) is 0 Å². The molecule has 96 valence electrons. The lowest BCUT2D eigenvalue weighted by Crippen LogP contribution is -2.35. The highest BCUT2D eigenvalue weighted by atomic mass is 32.2. The van der Waals surface area contributed by atoms with Crippen LogP contribution in [0.3, 0.4) is 0 Å². The van der Waals surface area contributed by atoms with Crippen LogP contribution in [0.15, 0.2) is 23.1 Å². The Morgan fingerprint density at radius 1 is 1.41 bits per heavy atom. The minimum absolute atomic E-state index is 0.0523. The molecule has 0 bridgehead atoms. The Morgan fingerprint density at radius 2 is 2.00 bits per heavy atom. The number of para-hydroxylation sites is 1. The van der Waals surface area contributed by atoms with Crippen molar-refractivity contribution in [2.45, 2.75) is 24.3 Å². The van der Waals surface area contributed by atoms with Crippen LogP contribution in [0.2, 0.25) is 0 Å². The first-order chi connectivity index (χ1) is 7.67. The van der Waals surface area contributed by atoms with Gasteiger partial charge in [-0.3, -0.25) is 0 Å². The Labute approximate surface area is 101 Å². The fourth-order valence-electron chi connectivity index (χ4n) is 1.31. The number of aliphatic hydroxyl groups is 1. The second-order valence-electron chi connectivity index (χ2n) is 4.43. The second kappa shape index (κ2) is 4.52. The van der Waals surface area contributed by atoms with E-state index in [0.717, 1.165) is 0 Å². The number of nitrogen functional groups attached to an aromatic ring is 1. The number of hydrogen-bond donors (Lipinski definition) is 4. The number of anilines is 2. The number of nitrogens with two attached hydrogens (primary N) is 2. The average Bonchev–Trinajstić information content (AvgIpc) is 2.19. The molecule has 7 heteroatoms. The van der Waals surface area contributed by atoms with E-state index < -0.39 is 15.6 Å². The predicted octanol–water partition coefficient (Wildman–Crippen LogP) is 0.0990. The van der Waals surface area contributed by atoms with Crippen LogP contribution in [-0.2, 0) is 10.0 Å². The Morgan fingerprint density at radius 3 is 2.47 bits per heavy atom. The van der Waals surface area contributed by atoms with Crippen LogP contribution in [0.5, 0.6) is 0 Å². The lowest BCUT2D eigenvalue weighted by atomic mass is 10.1. The molecule has 0 amide bonds. The van der Waals surface area contributed by atoms with Gasteiger partial charge in [0.2, 0.25) is 10.0 Å². The van der Waals surface area contributed by atoms with Gasteiger partial charge in [-0.1, -0.05) is 6.07 Å². The maximum Gasteiger partial charge on any atom is 0.240 e. The molecule has 0 aliphatic heterocycles. The van der Waals surface area contributed by atoms with Crippen molar-refractivity contribution in [3.8, 4) is 0 Å². The maximum atomic E-state index is 11.3. The molecule has 0 radical (unpaired) electrons. The first kappa shape index (κ1) is 13.8. The third-order valence-electron chi connectivity index (χ3n) is 2.24. The highest BCUT2D eigenvalue weighted by Gasteiger charge is 2.20. The topological polar surface area (TPSA) is 118 Å². The summed E-state index contributed by atoms with van der Waals surface area (Å²) < 4.78 is 22.5. The molecule has 6 nitrogen and oxygen atoms in total. The van der Waals surface area contributed by atoms with Gasteiger partial charge in [0.1, 0.15) is 4.90 Å². The van der Waals surface area contributed by atoms with Gasteiger partial charge >= 0.3 is 0 Å². The summed E-state index contributed by atoms with van der Waals surface area (Å²) in [6.07, 6.45) is 0. The monoisotopic (exact) mass is 259 g/mol. The van der Waals surface area contributed by atoms with Gasteiger partial charge in [0, 0.05) is 0 Å². The van der Waals surface area contributed by atoms with E-state index in [0.29, 0.717) is 5.69 Å². The summed E-state index contributed by atoms with van der Waals surface area (Å²) in [7, 11) is -3.85. The van der Waals surface area contributed by atoms with Crippen molar-refractivity contribution in [1.82, 2.24) is 0 Å². The van der Waals surface area contributed by atoms with Gasteiger partial charge in [-0.25, -0.2) is 13.6 Å². The molecule has 0 aliphatic rings. The molecule has 0 fully saturated rings. The van der Waals surface area contributed by atoms with E-state index in [4.69, 9.17) is 16.0 Å². The molecular weight excluding hydrogens is 242 g/mol. The molecule has 6 N–H and O–H groups in total. The van der Waals surface area contributed by atoms with Crippen molar-refractivity contribution in [2.75, 3.05) is 17.7 Å². The van der Waals surface area contributed by atoms with Crippen LogP contribution < -0.4 is 16.2 Å². The zero-order valence-corrected chi connectivity index (χ0v) is 10.6. The minimum Gasteiger partial charge on any atom is -0.396 e. The van der Waals surface area contributed by atoms with E-state index >= 15 is 0 Å².